The smallest absolute Gasteiger partial charge is 0.259 e. The summed E-state index contributed by atoms with van der Waals surface area (Å²) in [6, 6.07) is 9.65. The Morgan fingerprint density at radius 3 is 2.65 bits per heavy atom. The van der Waals surface area contributed by atoms with Crippen molar-refractivity contribution in [2.45, 2.75) is 19.8 Å². The molecule has 1 fully saturated rings. The molecule has 0 atom stereocenters. The lowest BCUT2D eigenvalue weighted by Gasteiger charge is -2.21. The summed E-state index contributed by atoms with van der Waals surface area (Å²) in [6.07, 6.45) is 3.96. The largest absolute Gasteiger partial charge is 0.469 e. The molecule has 0 spiro atoms. The predicted molar refractivity (Wildman–Crippen MR) is 79.3 cm³/mol. The van der Waals surface area contributed by atoms with E-state index in [0.717, 1.165) is 24.5 Å². The quantitative estimate of drug-likeness (QED) is 0.929. The topological polar surface area (TPSA) is 45.5 Å². The van der Waals surface area contributed by atoms with E-state index < -0.39 is 0 Å². The minimum absolute atomic E-state index is 0.122. The van der Waals surface area contributed by atoms with Crippen molar-refractivity contribution in [3.63, 3.8) is 0 Å². The fourth-order valence-electron chi connectivity index (χ4n) is 2.62. The van der Waals surface area contributed by atoms with Crippen LogP contribution in [0.4, 0.5) is 11.4 Å². The Kier molecular flexibility index (Phi) is 3.46. The Hall–Kier alpha value is -2.23. The molecule has 1 aliphatic heterocycles. The number of anilines is 2. The van der Waals surface area contributed by atoms with Crippen LogP contribution in [0.3, 0.4) is 0 Å². The zero-order chi connectivity index (χ0) is 13.9. The van der Waals surface area contributed by atoms with Gasteiger partial charge in [-0.05, 0) is 38.0 Å². The fourth-order valence-corrected chi connectivity index (χ4v) is 2.62. The summed E-state index contributed by atoms with van der Waals surface area (Å²) in [4.78, 5) is 14.6. The van der Waals surface area contributed by atoms with Gasteiger partial charge in [0.2, 0.25) is 0 Å². The van der Waals surface area contributed by atoms with Crippen molar-refractivity contribution in [1.29, 1.82) is 0 Å². The third-order valence-electron chi connectivity index (χ3n) is 3.70. The van der Waals surface area contributed by atoms with E-state index in [1.807, 2.05) is 18.2 Å². The van der Waals surface area contributed by atoms with E-state index in [1.54, 1.807) is 13.0 Å². The van der Waals surface area contributed by atoms with E-state index in [1.165, 1.54) is 19.1 Å². The van der Waals surface area contributed by atoms with Gasteiger partial charge >= 0.3 is 0 Å². The molecule has 2 heterocycles. The Morgan fingerprint density at radius 2 is 1.95 bits per heavy atom. The van der Waals surface area contributed by atoms with Gasteiger partial charge in [-0.2, -0.15) is 0 Å². The van der Waals surface area contributed by atoms with Crippen molar-refractivity contribution >= 4 is 17.3 Å². The van der Waals surface area contributed by atoms with Gasteiger partial charge in [0.25, 0.3) is 5.91 Å². The Labute approximate surface area is 118 Å². The number of hydrogen-bond acceptors (Lipinski definition) is 3. The van der Waals surface area contributed by atoms with Gasteiger partial charge in [0, 0.05) is 13.1 Å². The van der Waals surface area contributed by atoms with E-state index in [4.69, 9.17) is 4.42 Å². The molecule has 0 aliphatic carbocycles. The number of carbonyl (C=O) groups excluding carboxylic acids is 1. The maximum absolute atomic E-state index is 12.3. The van der Waals surface area contributed by atoms with Crippen LogP contribution in [0.25, 0.3) is 0 Å². The zero-order valence-corrected chi connectivity index (χ0v) is 11.6. The number of nitrogens with zero attached hydrogens (tertiary/aromatic N) is 1. The molecule has 4 heteroatoms. The molecule has 2 aromatic rings. The standard InChI is InChI=1S/C16H18N2O2/c1-12-13(8-11-20-12)16(19)17-14-6-2-3-7-15(14)18-9-4-5-10-18/h2-3,6-8,11H,4-5,9-10H2,1H3,(H,17,19). The fraction of sp³-hybridized carbons (Fsp3) is 0.312. The number of hydrogen-bond donors (Lipinski definition) is 1. The number of carbonyl (C=O) groups is 1. The molecule has 1 aromatic heterocycles. The second-order valence-corrected chi connectivity index (χ2v) is 5.06. The average Bonchev–Trinajstić information content (AvgIpc) is 3.10. The number of para-hydroxylation sites is 2. The molecule has 20 heavy (non-hydrogen) atoms. The minimum atomic E-state index is -0.122. The second kappa shape index (κ2) is 5.41. The van der Waals surface area contributed by atoms with Gasteiger partial charge in [0.05, 0.1) is 23.2 Å². The summed E-state index contributed by atoms with van der Waals surface area (Å²) < 4.78 is 5.18. The van der Waals surface area contributed by atoms with Crippen LogP contribution in [0.15, 0.2) is 41.0 Å². The zero-order valence-electron chi connectivity index (χ0n) is 11.6. The van der Waals surface area contributed by atoms with Gasteiger partial charge in [-0.15, -0.1) is 0 Å². The minimum Gasteiger partial charge on any atom is -0.469 e. The van der Waals surface area contributed by atoms with Gasteiger partial charge in [0.1, 0.15) is 5.76 Å². The number of rotatable bonds is 3. The van der Waals surface area contributed by atoms with Crippen LogP contribution in [-0.2, 0) is 0 Å². The first-order valence-electron chi connectivity index (χ1n) is 6.95. The molecule has 104 valence electrons. The van der Waals surface area contributed by atoms with Crippen LogP contribution in [-0.4, -0.2) is 19.0 Å². The van der Waals surface area contributed by atoms with Crippen molar-refractivity contribution in [1.82, 2.24) is 0 Å². The van der Waals surface area contributed by atoms with Gasteiger partial charge in [0.15, 0.2) is 0 Å². The van der Waals surface area contributed by atoms with E-state index in [0.29, 0.717) is 11.3 Å². The van der Waals surface area contributed by atoms with E-state index >= 15 is 0 Å². The molecule has 0 bridgehead atoms. The average molecular weight is 270 g/mol. The molecule has 0 saturated carbocycles. The highest BCUT2D eigenvalue weighted by Gasteiger charge is 2.18. The molecular weight excluding hydrogens is 252 g/mol. The van der Waals surface area contributed by atoms with Crippen LogP contribution in [0, 0.1) is 6.92 Å². The van der Waals surface area contributed by atoms with Crippen LogP contribution < -0.4 is 10.2 Å². The molecule has 4 nitrogen and oxygen atoms in total. The second-order valence-electron chi connectivity index (χ2n) is 5.06. The number of amides is 1. The summed E-state index contributed by atoms with van der Waals surface area (Å²) in [5.41, 5.74) is 2.54. The highest BCUT2D eigenvalue weighted by atomic mass is 16.3. The molecule has 0 unspecified atom stereocenters. The van der Waals surface area contributed by atoms with Crippen LogP contribution >= 0.6 is 0 Å². The lowest BCUT2D eigenvalue weighted by atomic mass is 10.2. The van der Waals surface area contributed by atoms with Crippen molar-refractivity contribution < 1.29 is 9.21 Å². The summed E-state index contributed by atoms with van der Waals surface area (Å²) >= 11 is 0. The van der Waals surface area contributed by atoms with E-state index in [-0.39, 0.29) is 5.91 Å². The lowest BCUT2D eigenvalue weighted by molar-refractivity contribution is 0.102. The number of benzene rings is 1. The Bertz CT molecular complexity index is 612. The number of nitrogens with one attached hydrogen (secondary N) is 1. The molecule has 1 N–H and O–H groups in total. The normalized spacial score (nSPS) is 14.6. The van der Waals surface area contributed by atoms with Crippen LogP contribution in [0.1, 0.15) is 29.0 Å². The van der Waals surface area contributed by atoms with Crippen molar-refractivity contribution in [2.75, 3.05) is 23.3 Å². The predicted octanol–water partition coefficient (Wildman–Crippen LogP) is 3.44. The molecule has 1 amide bonds. The summed E-state index contributed by atoms with van der Waals surface area (Å²) in [5, 5.41) is 2.99. The Morgan fingerprint density at radius 1 is 1.20 bits per heavy atom. The third kappa shape index (κ3) is 2.41. The molecule has 1 saturated heterocycles. The van der Waals surface area contributed by atoms with Crippen LogP contribution in [0.2, 0.25) is 0 Å². The van der Waals surface area contributed by atoms with Crippen molar-refractivity contribution in [2.24, 2.45) is 0 Å². The first-order valence-corrected chi connectivity index (χ1v) is 6.95. The number of furan rings is 1. The highest BCUT2D eigenvalue weighted by molar-refractivity contribution is 6.06. The molecule has 1 aromatic carbocycles. The Balaban J connectivity index is 1.84. The molecule has 1 aliphatic rings. The van der Waals surface area contributed by atoms with Crippen LogP contribution in [0.5, 0.6) is 0 Å². The van der Waals surface area contributed by atoms with Gasteiger partial charge < -0.3 is 14.6 Å². The summed E-state index contributed by atoms with van der Waals surface area (Å²) in [5.74, 6) is 0.518. The van der Waals surface area contributed by atoms with Gasteiger partial charge in [-0.25, -0.2) is 0 Å². The maximum atomic E-state index is 12.3. The van der Waals surface area contributed by atoms with E-state index in [9.17, 15) is 4.79 Å². The van der Waals surface area contributed by atoms with Crippen molar-refractivity contribution in [3.05, 3.63) is 47.9 Å². The van der Waals surface area contributed by atoms with Gasteiger partial charge in [-0.3, -0.25) is 4.79 Å². The van der Waals surface area contributed by atoms with Crippen molar-refractivity contribution in [3.8, 4) is 0 Å². The van der Waals surface area contributed by atoms with E-state index in [2.05, 4.69) is 16.3 Å². The third-order valence-corrected chi connectivity index (χ3v) is 3.70. The molecular formula is C16H18N2O2. The maximum Gasteiger partial charge on any atom is 0.259 e. The SMILES string of the molecule is Cc1occc1C(=O)Nc1ccccc1N1CCCC1. The first-order chi connectivity index (χ1) is 9.75. The summed E-state index contributed by atoms with van der Waals surface area (Å²) in [7, 11) is 0. The number of aryl methyl sites for hydroxylation is 1. The summed E-state index contributed by atoms with van der Waals surface area (Å²) in [6.45, 7) is 3.90. The lowest BCUT2D eigenvalue weighted by Crippen LogP contribution is -2.21. The first kappa shape index (κ1) is 12.8. The monoisotopic (exact) mass is 270 g/mol. The highest BCUT2D eigenvalue weighted by Crippen LogP contribution is 2.29. The molecule has 3 rings (SSSR count). The molecule has 0 radical (unpaired) electrons. The van der Waals surface area contributed by atoms with Gasteiger partial charge in [-0.1, -0.05) is 12.1 Å².